The number of aromatic hydroxyl groups is 2. The van der Waals surface area contributed by atoms with E-state index in [1.54, 1.807) is 0 Å². The van der Waals surface area contributed by atoms with Crippen molar-refractivity contribution in [1.82, 2.24) is 0 Å². The molecule has 1 aliphatic carbocycles. The van der Waals surface area contributed by atoms with Crippen LogP contribution in [0.2, 0.25) is 0 Å². The Labute approximate surface area is 126 Å². The molecule has 6 heteroatoms. The van der Waals surface area contributed by atoms with E-state index in [2.05, 4.69) is 0 Å². The molecule has 0 saturated carbocycles. The van der Waals surface area contributed by atoms with Crippen LogP contribution in [0.3, 0.4) is 0 Å². The number of esters is 1. The minimum Gasteiger partial charge on any atom is -0.508 e. The minimum absolute atomic E-state index is 0.0378. The van der Waals surface area contributed by atoms with Gasteiger partial charge in [-0.15, -0.1) is 0 Å². The van der Waals surface area contributed by atoms with Crippen LogP contribution < -0.4 is 0 Å². The van der Waals surface area contributed by atoms with Crippen molar-refractivity contribution in [2.75, 3.05) is 0 Å². The van der Waals surface area contributed by atoms with Crippen LogP contribution in [-0.2, 0) is 20.7 Å². The van der Waals surface area contributed by atoms with E-state index in [0.717, 1.165) is 5.57 Å². The molecule has 0 radical (unpaired) electrons. The second-order valence-electron chi connectivity index (χ2n) is 6.13. The number of fused-ring (bicyclic) bond motifs is 2. The third kappa shape index (κ3) is 1.59. The average molecular weight is 304 g/mol. The second kappa shape index (κ2) is 4.24. The van der Waals surface area contributed by atoms with Gasteiger partial charge in [0.1, 0.15) is 23.7 Å². The van der Waals surface area contributed by atoms with Crippen molar-refractivity contribution in [3.63, 3.8) is 0 Å². The average Bonchev–Trinajstić information content (AvgIpc) is 3.17. The topological polar surface area (TPSA) is 99.5 Å². The largest absolute Gasteiger partial charge is 0.508 e. The van der Waals surface area contributed by atoms with E-state index in [-0.39, 0.29) is 17.9 Å². The smallest absolute Gasteiger partial charge is 0.344 e. The van der Waals surface area contributed by atoms with Crippen molar-refractivity contribution >= 4 is 5.97 Å². The molecule has 2 fully saturated rings. The van der Waals surface area contributed by atoms with Crippen molar-refractivity contribution in [3.05, 3.63) is 34.9 Å². The first kappa shape index (κ1) is 13.6. The van der Waals surface area contributed by atoms with Gasteiger partial charge in [-0.25, -0.2) is 4.79 Å². The van der Waals surface area contributed by atoms with Crippen LogP contribution in [0.25, 0.3) is 0 Å². The number of phenolic OH excluding ortho intramolecular Hbond substituents is 2. The zero-order valence-electron chi connectivity index (χ0n) is 11.9. The fourth-order valence-corrected chi connectivity index (χ4v) is 3.49. The first-order chi connectivity index (χ1) is 10.4. The van der Waals surface area contributed by atoms with Gasteiger partial charge in [-0.3, -0.25) is 0 Å². The molecular weight excluding hydrogens is 288 g/mol. The van der Waals surface area contributed by atoms with Gasteiger partial charge in [0.2, 0.25) is 5.60 Å². The summed E-state index contributed by atoms with van der Waals surface area (Å²) in [4.78, 5) is 12.2. The van der Waals surface area contributed by atoms with E-state index in [9.17, 15) is 20.1 Å². The van der Waals surface area contributed by atoms with Gasteiger partial charge < -0.3 is 24.8 Å². The highest BCUT2D eigenvalue weighted by atomic mass is 16.7. The predicted octanol–water partition coefficient (Wildman–Crippen LogP) is 1.09. The molecule has 0 unspecified atom stereocenters. The lowest BCUT2D eigenvalue weighted by atomic mass is 9.87. The molecule has 22 heavy (non-hydrogen) atoms. The number of aliphatic hydroxyl groups is 1. The maximum Gasteiger partial charge on any atom is 0.344 e. The van der Waals surface area contributed by atoms with E-state index in [4.69, 9.17) is 9.47 Å². The zero-order valence-corrected chi connectivity index (χ0v) is 11.9. The summed E-state index contributed by atoms with van der Waals surface area (Å²) in [6.45, 7) is 1.87. The van der Waals surface area contributed by atoms with Crippen molar-refractivity contribution < 1.29 is 29.6 Å². The van der Waals surface area contributed by atoms with Crippen LogP contribution in [0.1, 0.15) is 30.6 Å². The molecule has 0 amide bonds. The SMILES string of the molecule is C/C1=C/C[C@H](O)[C@@]23O[C@@H]2[C@H](OC3=O)c2c(O)ccc(O)c2C1. The molecule has 0 spiro atoms. The number of aliphatic hydroxyl groups excluding tert-OH is 1. The first-order valence-electron chi connectivity index (χ1n) is 7.21. The van der Waals surface area contributed by atoms with E-state index >= 15 is 0 Å². The highest BCUT2D eigenvalue weighted by Crippen LogP contribution is 2.58. The lowest BCUT2D eigenvalue weighted by Crippen LogP contribution is -2.36. The Morgan fingerprint density at radius 1 is 1.27 bits per heavy atom. The number of rotatable bonds is 0. The van der Waals surface area contributed by atoms with Gasteiger partial charge in [-0.2, -0.15) is 0 Å². The molecule has 116 valence electrons. The second-order valence-corrected chi connectivity index (χ2v) is 6.13. The van der Waals surface area contributed by atoms with Crippen molar-refractivity contribution in [1.29, 1.82) is 0 Å². The van der Waals surface area contributed by atoms with Gasteiger partial charge in [0, 0.05) is 11.1 Å². The first-order valence-corrected chi connectivity index (χ1v) is 7.21. The number of ether oxygens (including phenoxy) is 2. The molecule has 3 N–H and O–H groups in total. The summed E-state index contributed by atoms with van der Waals surface area (Å²) < 4.78 is 10.9. The summed E-state index contributed by atoms with van der Waals surface area (Å²) in [5.41, 5.74) is 0.464. The van der Waals surface area contributed by atoms with Gasteiger partial charge >= 0.3 is 5.97 Å². The third-order valence-electron chi connectivity index (χ3n) is 4.75. The van der Waals surface area contributed by atoms with Crippen LogP contribution in [-0.4, -0.2) is 39.1 Å². The maximum atomic E-state index is 12.2. The number of carbonyl (C=O) groups excluding carboxylic acids is 1. The molecule has 1 aromatic rings. The van der Waals surface area contributed by atoms with Gasteiger partial charge in [-0.1, -0.05) is 11.6 Å². The highest BCUT2D eigenvalue weighted by Gasteiger charge is 2.77. The number of benzene rings is 1. The lowest BCUT2D eigenvalue weighted by molar-refractivity contribution is -0.158. The maximum absolute atomic E-state index is 12.2. The number of carbonyl (C=O) groups is 1. The van der Waals surface area contributed by atoms with E-state index < -0.39 is 29.9 Å². The summed E-state index contributed by atoms with van der Waals surface area (Å²) in [7, 11) is 0. The zero-order chi connectivity index (χ0) is 15.6. The molecule has 2 aliphatic heterocycles. The minimum atomic E-state index is -1.34. The number of phenols is 2. The van der Waals surface area contributed by atoms with Crippen molar-refractivity contribution in [2.45, 2.75) is 43.7 Å². The van der Waals surface area contributed by atoms with Gasteiger partial charge in [0.05, 0.1) is 0 Å². The van der Waals surface area contributed by atoms with Crippen LogP contribution in [0.4, 0.5) is 0 Å². The Balaban J connectivity index is 1.92. The van der Waals surface area contributed by atoms with Crippen molar-refractivity contribution in [2.24, 2.45) is 0 Å². The van der Waals surface area contributed by atoms with E-state index in [1.165, 1.54) is 12.1 Å². The molecule has 6 nitrogen and oxygen atoms in total. The Kier molecular flexibility index (Phi) is 2.62. The van der Waals surface area contributed by atoms with Crippen molar-refractivity contribution in [3.8, 4) is 11.5 Å². The molecular formula is C16H16O6. The van der Waals surface area contributed by atoms with Crippen LogP contribution in [0.5, 0.6) is 11.5 Å². The summed E-state index contributed by atoms with van der Waals surface area (Å²) in [5.74, 6) is -0.632. The van der Waals surface area contributed by atoms with Crippen LogP contribution >= 0.6 is 0 Å². The quantitative estimate of drug-likeness (QED) is 0.287. The van der Waals surface area contributed by atoms with Gasteiger partial charge in [0.15, 0.2) is 6.10 Å². The molecule has 0 aromatic heterocycles. The predicted molar refractivity (Wildman–Crippen MR) is 74.3 cm³/mol. The Hall–Kier alpha value is -2.05. The number of hydrogen-bond donors (Lipinski definition) is 3. The van der Waals surface area contributed by atoms with Gasteiger partial charge in [0.25, 0.3) is 0 Å². The Bertz CT molecular complexity index is 709. The fraction of sp³-hybridized carbons (Fsp3) is 0.438. The summed E-state index contributed by atoms with van der Waals surface area (Å²) in [6, 6.07) is 2.78. The normalized spacial score (nSPS) is 38.4. The standard InChI is InChI=1S/C16H16O6/c1-7-2-5-11(19)16-14(22-16)13(21-15(16)20)12-8(6-7)9(17)3-4-10(12)18/h2-4,11,13-14,17-19H,5-6H2,1H3/b7-2-/t11-,13+,14+,16+/m0/s1. The molecule has 3 aliphatic rings. The fourth-order valence-electron chi connectivity index (χ4n) is 3.49. The molecule has 2 bridgehead atoms. The Morgan fingerprint density at radius 3 is 2.73 bits per heavy atom. The summed E-state index contributed by atoms with van der Waals surface area (Å²) in [5, 5.41) is 30.7. The molecule has 4 rings (SSSR count). The van der Waals surface area contributed by atoms with Crippen LogP contribution in [0, 0.1) is 0 Å². The number of allylic oxidation sites excluding steroid dienone is 1. The Morgan fingerprint density at radius 2 is 2.00 bits per heavy atom. The molecule has 2 heterocycles. The molecule has 2 saturated heterocycles. The number of hydrogen-bond acceptors (Lipinski definition) is 6. The van der Waals surface area contributed by atoms with E-state index in [0.29, 0.717) is 17.5 Å². The van der Waals surface area contributed by atoms with E-state index in [1.807, 2.05) is 13.0 Å². The van der Waals surface area contributed by atoms with Crippen LogP contribution in [0.15, 0.2) is 23.8 Å². The number of epoxide rings is 1. The monoisotopic (exact) mass is 304 g/mol. The van der Waals surface area contributed by atoms with Gasteiger partial charge in [-0.05, 0) is 31.9 Å². The third-order valence-corrected chi connectivity index (χ3v) is 4.75. The lowest BCUT2D eigenvalue weighted by Gasteiger charge is -2.19. The highest BCUT2D eigenvalue weighted by molar-refractivity contribution is 5.88. The summed E-state index contributed by atoms with van der Waals surface area (Å²) >= 11 is 0. The molecule has 4 atom stereocenters. The molecule has 1 aromatic carbocycles. The summed E-state index contributed by atoms with van der Waals surface area (Å²) in [6.07, 6.45) is 0.0706.